The smallest absolute Gasteiger partial charge is 0.0717 e. The lowest BCUT2D eigenvalue weighted by Crippen LogP contribution is -2.30. The Morgan fingerprint density at radius 3 is 2.39 bits per heavy atom. The minimum Gasteiger partial charge on any atom is -0.378 e. The summed E-state index contributed by atoms with van der Waals surface area (Å²) in [6, 6.07) is 22.9. The van der Waals surface area contributed by atoms with Crippen molar-refractivity contribution in [2.24, 2.45) is 0 Å². The van der Waals surface area contributed by atoms with Crippen molar-refractivity contribution in [1.29, 1.82) is 0 Å². The second-order valence-electron chi connectivity index (χ2n) is 7.59. The van der Waals surface area contributed by atoms with Crippen LogP contribution in [0.15, 0.2) is 72.9 Å². The molecule has 0 aliphatic carbocycles. The molecule has 28 heavy (non-hydrogen) atoms. The molecule has 0 N–H and O–H groups in total. The van der Waals surface area contributed by atoms with Gasteiger partial charge in [-0.2, -0.15) is 0 Å². The van der Waals surface area contributed by atoms with Crippen molar-refractivity contribution in [1.82, 2.24) is 4.98 Å². The zero-order chi connectivity index (χ0) is 19.3. The average molecular weight is 392 g/mol. The van der Waals surface area contributed by atoms with Crippen LogP contribution in [0.25, 0.3) is 11.3 Å². The van der Waals surface area contributed by atoms with E-state index in [0.717, 1.165) is 35.7 Å². The van der Waals surface area contributed by atoms with E-state index in [1.54, 1.807) is 0 Å². The summed E-state index contributed by atoms with van der Waals surface area (Å²) < 4.78 is 6.22. The molecule has 1 aliphatic rings. The Hall–Kier alpha value is -2.16. The third-order valence-corrected chi connectivity index (χ3v) is 6.13. The first kappa shape index (κ1) is 19.2. The monoisotopic (exact) mass is 391 g/mol. The lowest BCUT2D eigenvalue weighted by molar-refractivity contribution is -0.00572. The van der Waals surface area contributed by atoms with Gasteiger partial charge in [-0.25, -0.2) is 0 Å². The maximum Gasteiger partial charge on any atom is 0.0717 e. The van der Waals surface area contributed by atoms with Gasteiger partial charge in [0, 0.05) is 29.3 Å². The van der Waals surface area contributed by atoms with Crippen molar-refractivity contribution < 1.29 is 4.74 Å². The maximum atomic E-state index is 6.35. The van der Waals surface area contributed by atoms with Crippen LogP contribution in [0.2, 0.25) is 5.02 Å². The first-order valence-corrected chi connectivity index (χ1v) is 10.5. The average Bonchev–Trinajstić information content (AvgIpc) is 2.76. The molecule has 0 radical (unpaired) electrons. The van der Waals surface area contributed by atoms with Crippen molar-refractivity contribution >= 4 is 11.6 Å². The largest absolute Gasteiger partial charge is 0.378 e. The molecule has 2 aromatic carbocycles. The summed E-state index contributed by atoms with van der Waals surface area (Å²) in [5.74, 6) is 0.646. The summed E-state index contributed by atoms with van der Waals surface area (Å²) >= 11 is 6.35. The van der Waals surface area contributed by atoms with Gasteiger partial charge >= 0.3 is 0 Å². The van der Waals surface area contributed by atoms with Gasteiger partial charge in [0.2, 0.25) is 0 Å². The quantitative estimate of drug-likeness (QED) is 0.474. The van der Waals surface area contributed by atoms with E-state index in [0.29, 0.717) is 5.92 Å². The van der Waals surface area contributed by atoms with Crippen LogP contribution in [0.4, 0.5) is 0 Å². The number of aromatic nitrogens is 1. The molecule has 3 atom stereocenters. The molecule has 2 unspecified atom stereocenters. The fraction of sp³-hybridized carbons (Fsp3) is 0.320. The number of rotatable bonds is 5. The molecular weight excluding hydrogens is 366 g/mol. The maximum absolute atomic E-state index is 6.35. The third-order valence-electron chi connectivity index (χ3n) is 5.80. The van der Waals surface area contributed by atoms with E-state index >= 15 is 0 Å². The molecule has 144 valence electrons. The lowest BCUT2D eigenvalue weighted by Gasteiger charge is -2.35. The third kappa shape index (κ3) is 4.14. The van der Waals surface area contributed by atoms with E-state index in [1.807, 2.05) is 30.5 Å². The van der Waals surface area contributed by atoms with Crippen molar-refractivity contribution in [3.8, 4) is 11.3 Å². The van der Waals surface area contributed by atoms with Crippen molar-refractivity contribution in [3.05, 3.63) is 89.1 Å². The van der Waals surface area contributed by atoms with Gasteiger partial charge in [0.05, 0.1) is 11.8 Å². The highest BCUT2D eigenvalue weighted by atomic mass is 35.5. The van der Waals surface area contributed by atoms with Gasteiger partial charge in [-0.3, -0.25) is 4.98 Å². The molecule has 1 aromatic heterocycles. The Balaban J connectivity index is 1.67. The predicted octanol–water partition coefficient (Wildman–Crippen LogP) is 6.86. The van der Waals surface area contributed by atoms with Crippen LogP contribution in [0.5, 0.6) is 0 Å². The Morgan fingerprint density at radius 2 is 1.71 bits per heavy atom. The number of ether oxygens (including phenoxy) is 1. The zero-order valence-electron chi connectivity index (χ0n) is 16.2. The summed E-state index contributed by atoms with van der Waals surface area (Å²) in [6.45, 7) is 3.16. The van der Waals surface area contributed by atoms with Crippen molar-refractivity contribution in [2.75, 3.05) is 6.61 Å². The molecule has 0 amide bonds. The first-order valence-electron chi connectivity index (χ1n) is 10.1. The number of halogens is 1. The van der Waals surface area contributed by atoms with E-state index in [-0.39, 0.29) is 12.0 Å². The Bertz CT molecular complexity index is 888. The molecule has 0 saturated carbocycles. The van der Waals surface area contributed by atoms with Crippen LogP contribution >= 0.6 is 11.6 Å². The normalized spacial score (nSPS) is 19.1. The molecule has 4 rings (SSSR count). The lowest BCUT2D eigenvalue weighted by atomic mass is 9.77. The van der Waals surface area contributed by atoms with Crippen molar-refractivity contribution in [3.63, 3.8) is 0 Å². The van der Waals surface area contributed by atoms with Gasteiger partial charge in [0.15, 0.2) is 0 Å². The van der Waals surface area contributed by atoms with Crippen LogP contribution in [-0.2, 0) is 4.74 Å². The number of hydrogen-bond acceptors (Lipinski definition) is 2. The highest BCUT2D eigenvalue weighted by Crippen LogP contribution is 2.40. The molecule has 2 heterocycles. The summed E-state index contributed by atoms with van der Waals surface area (Å²) in [4.78, 5) is 4.76. The molecule has 2 nitrogen and oxygen atoms in total. The molecule has 3 aromatic rings. The zero-order valence-corrected chi connectivity index (χ0v) is 17.0. The van der Waals surface area contributed by atoms with Crippen LogP contribution in [-0.4, -0.2) is 17.7 Å². The Labute approximate surface area is 172 Å². The molecular formula is C25H26ClNO. The molecule has 3 heteroatoms. The SMILES string of the molecule is C[C@H](c1ccccc1)C(c1ccc(-c2ccccc2Cl)nc1)C1CCCCO1. The van der Waals surface area contributed by atoms with Crippen LogP contribution in [0.3, 0.4) is 0 Å². The van der Waals surface area contributed by atoms with E-state index in [2.05, 4.69) is 49.4 Å². The number of hydrogen-bond donors (Lipinski definition) is 0. The van der Waals surface area contributed by atoms with Crippen LogP contribution in [0, 0.1) is 0 Å². The van der Waals surface area contributed by atoms with Gasteiger partial charge in [-0.15, -0.1) is 0 Å². The molecule has 1 saturated heterocycles. The van der Waals surface area contributed by atoms with Gasteiger partial charge < -0.3 is 4.74 Å². The van der Waals surface area contributed by atoms with Gasteiger partial charge in [-0.1, -0.05) is 73.1 Å². The van der Waals surface area contributed by atoms with Gasteiger partial charge in [0.1, 0.15) is 0 Å². The highest BCUT2D eigenvalue weighted by molar-refractivity contribution is 6.33. The van der Waals surface area contributed by atoms with Crippen LogP contribution in [0.1, 0.15) is 49.1 Å². The fourth-order valence-corrected chi connectivity index (χ4v) is 4.50. The minimum atomic E-state index is 0.233. The summed E-state index contributed by atoms with van der Waals surface area (Å²) in [7, 11) is 0. The number of benzene rings is 2. The van der Waals surface area contributed by atoms with Gasteiger partial charge in [-0.05, 0) is 48.4 Å². The highest BCUT2D eigenvalue weighted by Gasteiger charge is 2.31. The fourth-order valence-electron chi connectivity index (χ4n) is 4.27. The number of nitrogens with zero attached hydrogens (tertiary/aromatic N) is 1. The summed E-state index contributed by atoms with van der Waals surface area (Å²) in [5, 5.41) is 0.729. The van der Waals surface area contributed by atoms with E-state index in [9.17, 15) is 0 Å². The van der Waals surface area contributed by atoms with E-state index in [4.69, 9.17) is 21.3 Å². The van der Waals surface area contributed by atoms with E-state index < -0.39 is 0 Å². The molecule has 1 aliphatic heterocycles. The second kappa shape index (κ2) is 8.89. The Kier molecular flexibility index (Phi) is 6.09. The summed E-state index contributed by atoms with van der Waals surface area (Å²) in [6.07, 6.45) is 5.74. The molecule has 1 fully saturated rings. The van der Waals surface area contributed by atoms with Crippen molar-refractivity contribution in [2.45, 2.75) is 44.1 Å². The minimum absolute atomic E-state index is 0.233. The Morgan fingerprint density at radius 1 is 0.929 bits per heavy atom. The van der Waals surface area contributed by atoms with Crippen LogP contribution < -0.4 is 0 Å². The van der Waals surface area contributed by atoms with Gasteiger partial charge in [0.25, 0.3) is 0 Å². The molecule has 0 bridgehead atoms. The first-order chi connectivity index (χ1) is 13.7. The summed E-state index contributed by atoms with van der Waals surface area (Å²) in [5.41, 5.74) is 4.46. The van der Waals surface area contributed by atoms with E-state index in [1.165, 1.54) is 17.5 Å². The molecule has 0 spiro atoms. The standard InChI is InChI=1S/C25H26ClNO/c1-18(19-9-3-2-4-10-19)25(24-13-7-8-16-28-24)20-14-15-23(27-17-20)21-11-5-6-12-22(21)26/h2-6,9-12,14-15,17-18,24-25H,7-8,13,16H2,1H3/t18-,24?,25?/m1/s1. The predicted molar refractivity (Wildman–Crippen MR) is 116 cm³/mol. The topological polar surface area (TPSA) is 22.1 Å². The second-order valence-corrected chi connectivity index (χ2v) is 7.99. The number of pyridine rings is 1.